The molecule has 0 fully saturated rings. The minimum absolute atomic E-state index is 0.377. The molecule has 194 valence electrons. The Morgan fingerprint density at radius 2 is 0.650 bits per heavy atom. The number of anilines is 2. The summed E-state index contributed by atoms with van der Waals surface area (Å²) in [5.74, 6) is 0. The van der Waals surface area contributed by atoms with Crippen molar-refractivity contribution in [2.75, 3.05) is 38.0 Å². The molecule has 0 aromatic heterocycles. The Kier molecular flexibility index (Phi) is 7.36. The van der Waals surface area contributed by atoms with Crippen molar-refractivity contribution in [2.45, 2.75) is 0 Å². The molecule has 0 atom stereocenters. The molecule has 0 amide bonds. The van der Waals surface area contributed by atoms with Gasteiger partial charge in [0, 0.05) is 39.6 Å². The Hall–Kier alpha value is -5.32. The number of hydrogen-bond acceptors (Lipinski definition) is 4. The van der Waals surface area contributed by atoms with Crippen LogP contribution in [-0.2, 0) is 0 Å². The average Bonchev–Trinajstić information content (AvgIpc) is 3.00. The topological polar surface area (TPSA) is 54.1 Å². The normalized spacial score (nSPS) is 10.4. The van der Waals surface area contributed by atoms with E-state index in [9.17, 15) is 10.5 Å². The van der Waals surface area contributed by atoms with Crippen molar-refractivity contribution in [1.82, 2.24) is 0 Å². The van der Waals surface area contributed by atoms with E-state index in [1.807, 2.05) is 40.3 Å². The van der Waals surface area contributed by atoms with Crippen LogP contribution in [0.3, 0.4) is 0 Å². The van der Waals surface area contributed by atoms with Gasteiger partial charge in [0.05, 0.1) is 11.1 Å². The van der Waals surface area contributed by atoms with Gasteiger partial charge in [0.25, 0.3) is 0 Å². The Labute approximate surface area is 236 Å². The van der Waals surface area contributed by atoms with Crippen LogP contribution in [0.4, 0.5) is 11.4 Å². The van der Waals surface area contributed by atoms with Crippen LogP contribution in [-0.4, -0.2) is 28.2 Å². The highest BCUT2D eigenvalue weighted by Crippen LogP contribution is 2.37. The van der Waals surface area contributed by atoms with Crippen molar-refractivity contribution in [3.63, 3.8) is 0 Å². The molecule has 40 heavy (non-hydrogen) atoms. The third kappa shape index (κ3) is 5.30. The van der Waals surface area contributed by atoms with Gasteiger partial charge >= 0.3 is 0 Å². The zero-order chi connectivity index (χ0) is 28.2. The molecule has 0 spiro atoms. The van der Waals surface area contributed by atoms with Crippen LogP contribution < -0.4 is 9.80 Å². The summed E-state index contributed by atoms with van der Waals surface area (Å²) in [6, 6.07) is 41.8. The molecule has 5 aromatic rings. The van der Waals surface area contributed by atoms with Gasteiger partial charge in [0.1, 0.15) is 12.1 Å². The quantitative estimate of drug-likeness (QED) is 0.227. The summed E-state index contributed by atoms with van der Waals surface area (Å²) < 4.78 is 0. The highest BCUT2D eigenvalue weighted by Gasteiger charge is 2.14. The number of benzene rings is 5. The second-order valence-electron chi connectivity index (χ2n) is 10.2. The maximum atomic E-state index is 9.75. The molecule has 0 aliphatic heterocycles. The summed E-state index contributed by atoms with van der Waals surface area (Å²) in [6.07, 6.45) is 0. The van der Waals surface area contributed by atoms with Gasteiger partial charge < -0.3 is 9.80 Å². The van der Waals surface area contributed by atoms with Crippen molar-refractivity contribution >= 4 is 11.4 Å². The Bertz CT molecular complexity index is 1580. The van der Waals surface area contributed by atoms with Crippen LogP contribution in [0.2, 0.25) is 0 Å². The Morgan fingerprint density at radius 3 is 0.900 bits per heavy atom. The zero-order valence-electron chi connectivity index (χ0n) is 23.2. The van der Waals surface area contributed by atoms with Gasteiger partial charge in [-0.1, -0.05) is 72.8 Å². The molecule has 5 rings (SSSR count). The van der Waals surface area contributed by atoms with Crippen LogP contribution in [0.15, 0.2) is 109 Å². The van der Waals surface area contributed by atoms with E-state index >= 15 is 0 Å². The molecule has 0 radical (unpaired) electrons. The lowest BCUT2D eigenvalue weighted by atomic mass is 9.89. The third-order valence-electron chi connectivity index (χ3n) is 7.22. The maximum absolute atomic E-state index is 9.75. The van der Waals surface area contributed by atoms with E-state index < -0.39 is 0 Å². The van der Waals surface area contributed by atoms with Crippen LogP contribution in [0.25, 0.3) is 44.5 Å². The molecular formula is C36H30N4. The van der Waals surface area contributed by atoms with Crippen molar-refractivity contribution in [2.24, 2.45) is 0 Å². The van der Waals surface area contributed by atoms with Crippen molar-refractivity contribution in [1.29, 1.82) is 10.5 Å². The highest BCUT2D eigenvalue weighted by atomic mass is 15.1. The summed E-state index contributed by atoms with van der Waals surface area (Å²) in [6.45, 7) is 0. The number of nitriles is 2. The van der Waals surface area contributed by atoms with Gasteiger partial charge in [0.2, 0.25) is 0 Å². The number of rotatable bonds is 6. The first-order valence-corrected chi connectivity index (χ1v) is 13.1. The SMILES string of the molecule is CN(C)c1ccc(-c2ccc(-c3cc(C#N)c(C#N)cc3-c3ccc(-c4ccc(N(C)C)cc4)cc3)cc2)cc1. The lowest BCUT2D eigenvalue weighted by Gasteiger charge is -2.15. The van der Waals surface area contributed by atoms with E-state index in [2.05, 4.69) is 119 Å². The van der Waals surface area contributed by atoms with Gasteiger partial charge in [-0.25, -0.2) is 0 Å². The maximum Gasteiger partial charge on any atom is 0.101 e. The van der Waals surface area contributed by atoms with E-state index in [-0.39, 0.29) is 0 Å². The van der Waals surface area contributed by atoms with Gasteiger partial charge in [-0.05, 0) is 80.9 Å². The predicted molar refractivity (Wildman–Crippen MR) is 166 cm³/mol. The molecule has 0 aliphatic carbocycles. The van der Waals surface area contributed by atoms with E-state index in [4.69, 9.17) is 0 Å². The highest BCUT2D eigenvalue weighted by molar-refractivity contribution is 5.87. The summed E-state index contributed by atoms with van der Waals surface area (Å²) in [7, 11) is 8.13. The van der Waals surface area contributed by atoms with Gasteiger partial charge in [0.15, 0.2) is 0 Å². The molecular weight excluding hydrogens is 488 g/mol. The minimum Gasteiger partial charge on any atom is -0.378 e. The zero-order valence-corrected chi connectivity index (χ0v) is 23.2. The second-order valence-corrected chi connectivity index (χ2v) is 10.2. The van der Waals surface area contributed by atoms with Crippen LogP contribution in [0.5, 0.6) is 0 Å². The standard InChI is InChI=1S/C36H30N4/c1-39(2)33-17-13-27(14-18-33)25-5-9-29(10-6-25)35-21-31(23-37)32(24-38)22-36(35)30-11-7-26(8-12-30)28-15-19-34(20-16-28)40(3)4/h5-22H,1-4H3. The molecule has 0 saturated heterocycles. The van der Waals surface area contributed by atoms with Crippen molar-refractivity contribution < 1.29 is 0 Å². The molecule has 0 saturated carbocycles. The minimum atomic E-state index is 0.377. The monoisotopic (exact) mass is 518 g/mol. The second kappa shape index (κ2) is 11.2. The molecule has 0 N–H and O–H groups in total. The molecule has 5 aromatic carbocycles. The fourth-order valence-corrected chi connectivity index (χ4v) is 4.85. The van der Waals surface area contributed by atoms with Crippen LogP contribution in [0.1, 0.15) is 11.1 Å². The summed E-state index contributed by atoms with van der Waals surface area (Å²) in [4.78, 5) is 4.17. The first kappa shape index (κ1) is 26.3. The number of nitrogens with zero attached hydrogens (tertiary/aromatic N) is 4. The molecule has 0 bridgehead atoms. The van der Waals surface area contributed by atoms with E-state index in [1.165, 1.54) is 0 Å². The molecule has 0 aliphatic rings. The molecule has 0 heterocycles. The number of hydrogen-bond donors (Lipinski definition) is 0. The first-order valence-electron chi connectivity index (χ1n) is 13.1. The van der Waals surface area contributed by atoms with Crippen molar-refractivity contribution in [3.8, 4) is 56.6 Å². The Morgan fingerprint density at radius 1 is 0.400 bits per heavy atom. The molecule has 0 unspecified atom stereocenters. The van der Waals surface area contributed by atoms with E-state index in [0.717, 1.165) is 55.9 Å². The third-order valence-corrected chi connectivity index (χ3v) is 7.22. The van der Waals surface area contributed by atoms with Crippen LogP contribution >= 0.6 is 0 Å². The molecule has 4 nitrogen and oxygen atoms in total. The summed E-state index contributed by atoms with van der Waals surface area (Å²) in [5, 5.41) is 19.5. The van der Waals surface area contributed by atoms with Gasteiger partial charge in [-0.3, -0.25) is 0 Å². The van der Waals surface area contributed by atoms with Crippen molar-refractivity contribution in [3.05, 3.63) is 120 Å². The summed E-state index contributed by atoms with van der Waals surface area (Å²) in [5.41, 5.74) is 11.4. The Balaban J connectivity index is 1.52. The first-order chi connectivity index (χ1) is 19.4. The van der Waals surface area contributed by atoms with E-state index in [1.54, 1.807) is 0 Å². The lowest BCUT2D eigenvalue weighted by Crippen LogP contribution is -2.07. The van der Waals surface area contributed by atoms with Crippen LogP contribution in [0, 0.1) is 22.7 Å². The smallest absolute Gasteiger partial charge is 0.101 e. The average molecular weight is 519 g/mol. The predicted octanol–water partition coefficient (Wildman–Crippen LogP) is 8.23. The van der Waals surface area contributed by atoms with Gasteiger partial charge in [-0.2, -0.15) is 10.5 Å². The van der Waals surface area contributed by atoms with Gasteiger partial charge in [-0.15, -0.1) is 0 Å². The fourth-order valence-electron chi connectivity index (χ4n) is 4.85. The summed E-state index contributed by atoms with van der Waals surface area (Å²) >= 11 is 0. The molecule has 4 heteroatoms. The lowest BCUT2D eigenvalue weighted by molar-refractivity contribution is 1.13. The van der Waals surface area contributed by atoms with E-state index in [0.29, 0.717) is 11.1 Å². The largest absolute Gasteiger partial charge is 0.378 e. The fraction of sp³-hybridized carbons (Fsp3) is 0.111.